The molecule has 2 aromatic carbocycles. The molecule has 0 heterocycles. The standard InChI is InChI=1S/C14H15N3O/c15-9-10-3-1-4-11(7-10)14(18)17-13-6-2-5-12(16)8-13/h1-8H,9,15-16H2,(H,17,18). The number of nitrogens with one attached hydrogen (secondary N) is 1. The van der Waals surface area contributed by atoms with Gasteiger partial charge in [-0.25, -0.2) is 0 Å². The molecule has 0 aliphatic rings. The van der Waals surface area contributed by atoms with Crippen molar-refractivity contribution < 1.29 is 4.79 Å². The number of nitrogens with two attached hydrogens (primary N) is 2. The summed E-state index contributed by atoms with van der Waals surface area (Å²) in [5.74, 6) is -0.170. The maximum absolute atomic E-state index is 12.0. The van der Waals surface area contributed by atoms with E-state index < -0.39 is 0 Å². The zero-order valence-corrected chi connectivity index (χ0v) is 9.89. The minimum Gasteiger partial charge on any atom is -0.399 e. The van der Waals surface area contributed by atoms with Crippen molar-refractivity contribution in [2.24, 2.45) is 5.73 Å². The highest BCUT2D eigenvalue weighted by molar-refractivity contribution is 6.04. The second-order valence-corrected chi connectivity index (χ2v) is 3.98. The number of amides is 1. The van der Waals surface area contributed by atoms with E-state index in [0.717, 1.165) is 5.56 Å². The van der Waals surface area contributed by atoms with Gasteiger partial charge in [0, 0.05) is 23.5 Å². The first-order valence-electron chi connectivity index (χ1n) is 5.65. The summed E-state index contributed by atoms with van der Waals surface area (Å²) in [5, 5.41) is 2.79. The molecule has 0 unspecified atom stereocenters. The lowest BCUT2D eigenvalue weighted by atomic mass is 10.1. The van der Waals surface area contributed by atoms with Crippen LogP contribution in [0, 0.1) is 0 Å². The molecule has 1 amide bonds. The molecule has 0 aliphatic heterocycles. The third-order valence-corrected chi connectivity index (χ3v) is 2.57. The van der Waals surface area contributed by atoms with Crippen LogP contribution in [0.25, 0.3) is 0 Å². The summed E-state index contributed by atoms with van der Waals surface area (Å²) < 4.78 is 0. The predicted octanol–water partition coefficient (Wildman–Crippen LogP) is 1.98. The van der Waals surface area contributed by atoms with Gasteiger partial charge in [0.15, 0.2) is 0 Å². The fourth-order valence-electron chi connectivity index (χ4n) is 1.66. The van der Waals surface area contributed by atoms with Gasteiger partial charge in [0.1, 0.15) is 0 Å². The van der Waals surface area contributed by atoms with Gasteiger partial charge >= 0.3 is 0 Å². The molecule has 0 atom stereocenters. The van der Waals surface area contributed by atoms with Crippen LogP contribution < -0.4 is 16.8 Å². The van der Waals surface area contributed by atoms with Gasteiger partial charge in [-0.1, -0.05) is 18.2 Å². The van der Waals surface area contributed by atoms with E-state index in [1.165, 1.54) is 0 Å². The summed E-state index contributed by atoms with van der Waals surface area (Å²) >= 11 is 0. The Morgan fingerprint density at radius 3 is 2.61 bits per heavy atom. The van der Waals surface area contributed by atoms with Crippen LogP contribution >= 0.6 is 0 Å². The first-order chi connectivity index (χ1) is 8.69. The molecule has 0 spiro atoms. The second kappa shape index (κ2) is 5.33. The van der Waals surface area contributed by atoms with Crippen molar-refractivity contribution in [1.29, 1.82) is 0 Å². The number of carbonyl (C=O) groups excluding carboxylic acids is 1. The number of hydrogen-bond acceptors (Lipinski definition) is 3. The number of anilines is 2. The van der Waals surface area contributed by atoms with Crippen LogP contribution in [0.4, 0.5) is 11.4 Å². The van der Waals surface area contributed by atoms with Crippen molar-refractivity contribution in [2.45, 2.75) is 6.54 Å². The minimum atomic E-state index is -0.170. The Kier molecular flexibility index (Phi) is 3.60. The number of nitrogen functional groups attached to an aromatic ring is 1. The smallest absolute Gasteiger partial charge is 0.255 e. The Morgan fingerprint density at radius 1 is 1.11 bits per heavy atom. The van der Waals surface area contributed by atoms with Crippen molar-refractivity contribution in [3.05, 3.63) is 59.7 Å². The third-order valence-electron chi connectivity index (χ3n) is 2.57. The quantitative estimate of drug-likeness (QED) is 0.719. The Balaban J connectivity index is 2.16. The molecule has 4 nitrogen and oxygen atoms in total. The molecule has 18 heavy (non-hydrogen) atoms. The maximum Gasteiger partial charge on any atom is 0.255 e. The van der Waals surface area contributed by atoms with Crippen molar-refractivity contribution in [3.63, 3.8) is 0 Å². The zero-order chi connectivity index (χ0) is 13.0. The van der Waals surface area contributed by atoms with Crippen LogP contribution in [0.2, 0.25) is 0 Å². The van der Waals surface area contributed by atoms with Gasteiger partial charge < -0.3 is 16.8 Å². The molecule has 92 valence electrons. The molecule has 2 aromatic rings. The fourth-order valence-corrected chi connectivity index (χ4v) is 1.66. The molecular formula is C14H15N3O. The van der Waals surface area contributed by atoms with Crippen LogP contribution in [0.3, 0.4) is 0 Å². The molecule has 5 N–H and O–H groups in total. The molecule has 4 heteroatoms. The normalized spacial score (nSPS) is 10.1. The highest BCUT2D eigenvalue weighted by atomic mass is 16.1. The molecule has 0 radical (unpaired) electrons. The van der Waals surface area contributed by atoms with Crippen molar-refractivity contribution in [3.8, 4) is 0 Å². The summed E-state index contributed by atoms with van der Waals surface area (Å²) in [6, 6.07) is 14.3. The van der Waals surface area contributed by atoms with Gasteiger partial charge in [-0.2, -0.15) is 0 Å². The van der Waals surface area contributed by atoms with E-state index >= 15 is 0 Å². The van der Waals surface area contributed by atoms with Crippen LogP contribution in [-0.2, 0) is 6.54 Å². The van der Waals surface area contributed by atoms with Crippen LogP contribution in [-0.4, -0.2) is 5.91 Å². The molecular weight excluding hydrogens is 226 g/mol. The molecule has 0 saturated carbocycles. The lowest BCUT2D eigenvalue weighted by Crippen LogP contribution is -2.12. The molecule has 0 bridgehead atoms. The monoisotopic (exact) mass is 241 g/mol. The number of hydrogen-bond donors (Lipinski definition) is 3. The molecule has 0 fully saturated rings. The average Bonchev–Trinajstić information content (AvgIpc) is 2.39. The second-order valence-electron chi connectivity index (χ2n) is 3.98. The van der Waals surface area contributed by atoms with Gasteiger partial charge in [-0.15, -0.1) is 0 Å². The van der Waals surface area contributed by atoms with E-state index in [-0.39, 0.29) is 5.91 Å². The largest absolute Gasteiger partial charge is 0.399 e. The van der Waals surface area contributed by atoms with E-state index in [9.17, 15) is 4.79 Å². The van der Waals surface area contributed by atoms with Crippen LogP contribution in [0.5, 0.6) is 0 Å². The summed E-state index contributed by atoms with van der Waals surface area (Å²) in [6.07, 6.45) is 0. The SMILES string of the molecule is NCc1cccc(C(=O)Nc2cccc(N)c2)c1. The Hall–Kier alpha value is -2.33. The molecule has 2 rings (SSSR count). The summed E-state index contributed by atoms with van der Waals surface area (Å²) in [6.45, 7) is 0.416. The lowest BCUT2D eigenvalue weighted by molar-refractivity contribution is 0.102. The Bertz CT molecular complexity index is 566. The number of benzene rings is 2. The highest BCUT2D eigenvalue weighted by Gasteiger charge is 2.06. The maximum atomic E-state index is 12.0. The van der Waals surface area contributed by atoms with Crippen molar-refractivity contribution in [1.82, 2.24) is 0 Å². The van der Waals surface area contributed by atoms with E-state index in [1.54, 1.807) is 36.4 Å². The first kappa shape index (κ1) is 12.1. The van der Waals surface area contributed by atoms with Gasteiger partial charge in [-0.3, -0.25) is 4.79 Å². The van der Waals surface area contributed by atoms with E-state index in [2.05, 4.69) is 5.32 Å². The third kappa shape index (κ3) is 2.87. The zero-order valence-electron chi connectivity index (χ0n) is 9.89. The predicted molar refractivity (Wildman–Crippen MR) is 73.1 cm³/mol. The highest BCUT2D eigenvalue weighted by Crippen LogP contribution is 2.13. The van der Waals surface area contributed by atoms with E-state index in [4.69, 9.17) is 11.5 Å². The number of carbonyl (C=O) groups is 1. The minimum absolute atomic E-state index is 0.170. The topological polar surface area (TPSA) is 81.1 Å². The fraction of sp³-hybridized carbons (Fsp3) is 0.0714. The van der Waals surface area contributed by atoms with Crippen LogP contribution in [0.1, 0.15) is 15.9 Å². The van der Waals surface area contributed by atoms with E-state index in [0.29, 0.717) is 23.5 Å². The number of rotatable bonds is 3. The van der Waals surface area contributed by atoms with Crippen molar-refractivity contribution in [2.75, 3.05) is 11.1 Å². The van der Waals surface area contributed by atoms with Gasteiger partial charge in [0.25, 0.3) is 5.91 Å². The summed E-state index contributed by atoms with van der Waals surface area (Å²) in [4.78, 5) is 12.0. The summed E-state index contributed by atoms with van der Waals surface area (Å²) in [5.41, 5.74) is 14.0. The molecule has 0 aliphatic carbocycles. The average molecular weight is 241 g/mol. The molecule has 0 saturated heterocycles. The first-order valence-corrected chi connectivity index (χ1v) is 5.65. The Morgan fingerprint density at radius 2 is 1.89 bits per heavy atom. The Labute approximate surface area is 106 Å². The van der Waals surface area contributed by atoms with Crippen molar-refractivity contribution >= 4 is 17.3 Å². The van der Waals surface area contributed by atoms with Gasteiger partial charge in [-0.05, 0) is 35.9 Å². The molecule has 0 aromatic heterocycles. The van der Waals surface area contributed by atoms with E-state index in [1.807, 2.05) is 12.1 Å². The van der Waals surface area contributed by atoms with Gasteiger partial charge in [0.05, 0.1) is 0 Å². The summed E-state index contributed by atoms with van der Waals surface area (Å²) in [7, 11) is 0. The lowest BCUT2D eigenvalue weighted by Gasteiger charge is -2.07. The van der Waals surface area contributed by atoms with Gasteiger partial charge in [0.2, 0.25) is 0 Å². The van der Waals surface area contributed by atoms with Crippen LogP contribution in [0.15, 0.2) is 48.5 Å².